The molecular formula is C18H13ClF2O6. The van der Waals surface area contributed by atoms with Crippen molar-refractivity contribution in [2.24, 2.45) is 0 Å². The predicted molar refractivity (Wildman–Crippen MR) is 89.2 cm³/mol. The molecule has 0 aromatic heterocycles. The molecule has 1 unspecified atom stereocenters. The van der Waals surface area contributed by atoms with E-state index in [1.807, 2.05) is 0 Å². The number of carbonyl (C=O) groups is 1. The van der Waals surface area contributed by atoms with Crippen LogP contribution in [-0.2, 0) is 11.4 Å². The van der Waals surface area contributed by atoms with Crippen LogP contribution in [0, 0.1) is 0 Å². The highest BCUT2D eigenvalue weighted by molar-refractivity contribution is 6.30. The van der Waals surface area contributed by atoms with Crippen molar-refractivity contribution < 1.29 is 37.6 Å². The first-order chi connectivity index (χ1) is 12.9. The molecule has 27 heavy (non-hydrogen) atoms. The molecule has 0 bridgehead atoms. The van der Waals surface area contributed by atoms with E-state index < -0.39 is 24.4 Å². The van der Waals surface area contributed by atoms with Gasteiger partial charge in [-0.15, -0.1) is 0 Å². The Morgan fingerprint density at radius 1 is 1.22 bits per heavy atom. The Labute approximate surface area is 157 Å². The SMILES string of the molecule is O=C(O)C(F)(F)C1COc2cc(OCc3cc(Cl)cc4c3OCO4)ccc21. The number of hydrogen-bond acceptors (Lipinski definition) is 5. The predicted octanol–water partition coefficient (Wildman–Crippen LogP) is 3.84. The van der Waals surface area contributed by atoms with Gasteiger partial charge < -0.3 is 24.1 Å². The van der Waals surface area contributed by atoms with E-state index in [1.54, 1.807) is 12.1 Å². The zero-order valence-corrected chi connectivity index (χ0v) is 14.5. The molecular weight excluding hydrogens is 386 g/mol. The van der Waals surface area contributed by atoms with Crippen LogP contribution in [-0.4, -0.2) is 30.4 Å². The fraction of sp³-hybridized carbons (Fsp3) is 0.278. The standard InChI is InChI=1S/C18H13ClF2O6/c19-10-3-9(16-15(4-10)26-8-27-16)6-24-11-1-2-12-13(7-25-14(12)5-11)18(20,21)17(22)23/h1-5,13H,6-8H2,(H,22,23). The van der Waals surface area contributed by atoms with Crippen molar-refractivity contribution in [1.82, 2.24) is 0 Å². The minimum atomic E-state index is -3.91. The minimum absolute atomic E-state index is 0.0918. The lowest BCUT2D eigenvalue weighted by atomic mass is 9.94. The number of carboxylic acids is 1. The maximum absolute atomic E-state index is 13.8. The van der Waals surface area contributed by atoms with Crippen LogP contribution >= 0.6 is 11.6 Å². The van der Waals surface area contributed by atoms with Gasteiger partial charge in [-0.2, -0.15) is 8.78 Å². The molecule has 0 radical (unpaired) electrons. The maximum atomic E-state index is 13.8. The Balaban J connectivity index is 1.52. The molecule has 142 valence electrons. The molecule has 2 aliphatic rings. The largest absolute Gasteiger partial charge is 0.492 e. The smallest absolute Gasteiger partial charge is 0.375 e. The Morgan fingerprint density at radius 2 is 2.04 bits per heavy atom. The lowest BCUT2D eigenvalue weighted by Crippen LogP contribution is -2.36. The van der Waals surface area contributed by atoms with Gasteiger partial charge in [0.2, 0.25) is 6.79 Å². The summed E-state index contributed by atoms with van der Waals surface area (Å²) in [5.74, 6) is -6.01. The molecule has 1 N–H and O–H groups in total. The summed E-state index contributed by atoms with van der Waals surface area (Å²) in [6.45, 7) is -0.209. The third kappa shape index (κ3) is 3.10. The summed E-state index contributed by atoms with van der Waals surface area (Å²) in [5, 5.41) is 9.19. The molecule has 2 heterocycles. The van der Waals surface area contributed by atoms with Gasteiger partial charge in [0.15, 0.2) is 11.5 Å². The van der Waals surface area contributed by atoms with E-state index in [9.17, 15) is 13.6 Å². The lowest BCUT2D eigenvalue weighted by Gasteiger charge is -2.17. The number of aliphatic carboxylic acids is 1. The van der Waals surface area contributed by atoms with Gasteiger partial charge in [-0.3, -0.25) is 0 Å². The summed E-state index contributed by atoms with van der Waals surface area (Å²) < 4.78 is 49.3. The van der Waals surface area contributed by atoms with Crippen LogP contribution in [0.1, 0.15) is 17.0 Å². The lowest BCUT2D eigenvalue weighted by molar-refractivity contribution is -0.168. The van der Waals surface area contributed by atoms with Crippen molar-refractivity contribution in [3.05, 3.63) is 46.5 Å². The average Bonchev–Trinajstić information content (AvgIpc) is 3.25. The molecule has 2 aromatic rings. The highest BCUT2D eigenvalue weighted by Gasteiger charge is 2.51. The van der Waals surface area contributed by atoms with Crippen molar-refractivity contribution in [2.75, 3.05) is 13.4 Å². The summed E-state index contributed by atoms with van der Waals surface area (Å²) >= 11 is 6.04. The first kappa shape index (κ1) is 17.7. The van der Waals surface area contributed by atoms with Gasteiger partial charge in [-0.05, 0) is 12.1 Å². The van der Waals surface area contributed by atoms with Crippen molar-refractivity contribution in [3.8, 4) is 23.0 Å². The highest BCUT2D eigenvalue weighted by Crippen LogP contribution is 2.45. The van der Waals surface area contributed by atoms with E-state index in [1.165, 1.54) is 18.2 Å². The molecule has 0 fully saturated rings. The first-order valence-corrected chi connectivity index (χ1v) is 8.33. The summed E-state index contributed by atoms with van der Waals surface area (Å²) in [4.78, 5) is 10.8. The second-order valence-electron chi connectivity index (χ2n) is 6.08. The van der Waals surface area contributed by atoms with E-state index >= 15 is 0 Å². The summed E-state index contributed by atoms with van der Waals surface area (Å²) in [7, 11) is 0. The fourth-order valence-electron chi connectivity index (χ4n) is 3.04. The highest BCUT2D eigenvalue weighted by atomic mass is 35.5. The second kappa shape index (κ2) is 6.45. The molecule has 2 aromatic carbocycles. The monoisotopic (exact) mass is 398 g/mol. The Bertz CT molecular complexity index is 917. The topological polar surface area (TPSA) is 74.2 Å². The number of carboxylic acid groups (broad SMARTS) is 1. The number of ether oxygens (including phenoxy) is 4. The molecule has 2 aliphatic heterocycles. The number of hydrogen-bond donors (Lipinski definition) is 1. The molecule has 0 amide bonds. The second-order valence-corrected chi connectivity index (χ2v) is 6.52. The quantitative estimate of drug-likeness (QED) is 0.824. The molecule has 6 nitrogen and oxygen atoms in total. The van der Waals surface area contributed by atoms with E-state index in [2.05, 4.69) is 0 Å². The first-order valence-electron chi connectivity index (χ1n) is 7.95. The molecule has 0 saturated heterocycles. The fourth-order valence-corrected chi connectivity index (χ4v) is 3.27. The molecule has 9 heteroatoms. The molecule has 0 aliphatic carbocycles. The Kier molecular flexibility index (Phi) is 4.22. The number of rotatable bonds is 5. The van der Waals surface area contributed by atoms with Crippen LogP contribution < -0.4 is 18.9 Å². The third-order valence-corrected chi connectivity index (χ3v) is 4.62. The van der Waals surface area contributed by atoms with E-state index in [4.69, 9.17) is 35.7 Å². The van der Waals surface area contributed by atoms with Crippen molar-refractivity contribution in [2.45, 2.75) is 18.4 Å². The molecule has 1 atom stereocenters. The summed E-state index contributed by atoms with van der Waals surface area (Å²) in [6, 6.07) is 7.65. The van der Waals surface area contributed by atoms with Crippen LogP contribution in [0.3, 0.4) is 0 Å². The van der Waals surface area contributed by atoms with E-state index in [-0.39, 0.29) is 24.7 Å². The Hall–Kier alpha value is -2.74. The zero-order chi connectivity index (χ0) is 19.2. The summed E-state index contributed by atoms with van der Waals surface area (Å²) in [5.41, 5.74) is 0.807. The average molecular weight is 399 g/mol. The van der Waals surface area contributed by atoms with Gasteiger partial charge in [0.05, 0.1) is 5.92 Å². The van der Waals surface area contributed by atoms with E-state index in [0.29, 0.717) is 27.8 Å². The normalized spacial score (nSPS) is 17.4. The van der Waals surface area contributed by atoms with Crippen LogP contribution in [0.4, 0.5) is 8.78 Å². The van der Waals surface area contributed by atoms with Crippen molar-refractivity contribution >= 4 is 17.6 Å². The number of fused-ring (bicyclic) bond motifs is 2. The number of benzene rings is 2. The van der Waals surface area contributed by atoms with Gasteiger partial charge in [0.25, 0.3) is 0 Å². The van der Waals surface area contributed by atoms with Crippen molar-refractivity contribution in [1.29, 1.82) is 0 Å². The van der Waals surface area contributed by atoms with Gasteiger partial charge in [-0.1, -0.05) is 17.7 Å². The number of halogens is 3. The maximum Gasteiger partial charge on any atom is 0.375 e. The zero-order valence-electron chi connectivity index (χ0n) is 13.7. The van der Waals surface area contributed by atoms with Crippen LogP contribution in [0.25, 0.3) is 0 Å². The number of alkyl halides is 2. The van der Waals surface area contributed by atoms with Gasteiger partial charge >= 0.3 is 11.9 Å². The summed E-state index contributed by atoms with van der Waals surface area (Å²) in [6.07, 6.45) is 0. The van der Waals surface area contributed by atoms with Crippen LogP contribution in [0.5, 0.6) is 23.0 Å². The molecule has 0 spiro atoms. The van der Waals surface area contributed by atoms with Gasteiger partial charge in [0, 0.05) is 28.3 Å². The Morgan fingerprint density at radius 3 is 2.81 bits per heavy atom. The third-order valence-electron chi connectivity index (χ3n) is 4.40. The van der Waals surface area contributed by atoms with Gasteiger partial charge in [-0.25, -0.2) is 4.79 Å². The molecule has 4 rings (SSSR count). The molecule has 0 saturated carbocycles. The van der Waals surface area contributed by atoms with Gasteiger partial charge in [0.1, 0.15) is 24.7 Å². The minimum Gasteiger partial charge on any atom is -0.492 e. The van der Waals surface area contributed by atoms with Crippen molar-refractivity contribution in [3.63, 3.8) is 0 Å². The van der Waals surface area contributed by atoms with Crippen LogP contribution in [0.2, 0.25) is 5.02 Å². The van der Waals surface area contributed by atoms with E-state index in [0.717, 1.165) is 0 Å². The van der Waals surface area contributed by atoms with Crippen LogP contribution in [0.15, 0.2) is 30.3 Å².